The van der Waals surface area contributed by atoms with Gasteiger partial charge in [0.05, 0.1) is 13.2 Å². The maximum Gasteiger partial charge on any atom is 0.192 e. The Bertz CT molecular complexity index is 926. The molecule has 0 N–H and O–H groups in total. The minimum absolute atomic E-state index is 0.236. The zero-order chi connectivity index (χ0) is 20.9. The van der Waals surface area contributed by atoms with Crippen LogP contribution >= 0.6 is 0 Å². The summed E-state index contributed by atoms with van der Waals surface area (Å²) in [4.78, 5) is 0. The summed E-state index contributed by atoms with van der Waals surface area (Å²) < 4.78 is 11.5. The van der Waals surface area contributed by atoms with Crippen LogP contribution in [0.3, 0.4) is 0 Å². The van der Waals surface area contributed by atoms with Gasteiger partial charge < -0.3 is 9.47 Å². The van der Waals surface area contributed by atoms with E-state index < -0.39 is 5.79 Å². The fraction of sp³-hybridized carbons (Fsp3) is 0.481. The second-order valence-electron chi connectivity index (χ2n) is 10.1. The summed E-state index contributed by atoms with van der Waals surface area (Å²) in [5, 5.41) is 0. The van der Waals surface area contributed by atoms with Gasteiger partial charge in [-0.15, -0.1) is 0 Å². The first kappa shape index (κ1) is 20.4. The quantitative estimate of drug-likeness (QED) is 0.536. The van der Waals surface area contributed by atoms with Gasteiger partial charge in [0.2, 0.25) is 0 Å². The number of ether oxygens (including phenoxy) is 2. The molecule has 1 saturated heterocycles. The third-order valence-corrected chi connectivity index (χ3v) is 6.96. The van der Waals surface area contributed by atoms with Gasteiger partial charge in [-0.05, 0) is 65.3 Å². The van der Waals surface area contributed by atoms with Gasteiger partial charge in [0.1, 0.15) is 0 Å². The minimum Gasteiger partial charge on any atom is -0.344 e. The second kappa shape index (κ2) is 7.11. The van der Waals surface area contributed by atoms with E-state index in [-0.39, 0.29) is 10.8 Å². The van der Waals surface area contributed by atoms with E-state index in [2.05, 4.69) is 83.2 Å². The molecular formula is C27H34O2. The van der Waals surface area contributed by atoms with E-state index in [0.29, 0.717) is 13.2 Å². The molecule has 1 aliphatic heterocycles. The Labute approximate surface area is 175 Å². The predicted molar refractivity (Wildman–Crippen MR) is 121 cm³/mol. The summed E-state index contributed by atoms with van der Waals surface area (Å²) in [6.07, 6.45) is 4.76. The molecule has 0 radical (unpaired) electrons. The van der Waals surface area contributed by atoms with Crippen molar-refractivity contribution in [3.63, 3.8) is 0 Å². The normalized spacial score (nSPS) is 22.3. The van der Waals surface area contributed by atoms with Crippen LogP contribution in [0.25, 0.3) is 11.6 Å². The molecule has 0 unspecified atom stereocenters. The molecule has 2 nitrogen and oxygen atoms in total. The standard InChI is InChI=1S/C27H34O2/c1-19(17-20-7-10-22(11-8-20)27(6)28-15-16-29-27)21-9-12-23-24(18-21)26(4,5)14-13-25(23,2)3/h7-12,17-18H,13-16H2,1-6H3. The first-order valence-corrected chi connectivity index (χ1v) is 10.8. The molecule has 2 heteroatoms. The largest absolute Gasteiger partial charge is 0.344 e. The van der Waals surface area contributed by atoms with Crippen molar-refractivity contribution in [1.29, 1.82) is 0 Å². The summed E-state index contributed by atoms with van der Waals surface area (Å²) >= 11 is 0. The van der Waals surface area contributed by atoms with Crippen molar-refractivity contribution in [3.8, 4) is 0 Å². The van der Waals surface area contributed by atoms with Crippen LogP contribution in [-0.4, -0.2) is 13.2 Å². The molecule has 2 aromatic carbocycles. The van der Waals surface area contributed by atoms with Crippen LogP contribution in [0, 0.1) is 0 Å². The zero-order valence-electron chi connectivity index (χ0n) is 18.8. The summed E-state index contributed by atoms with van der Waals surface area (Å²) in [6, 6.07) is 15.6. The van der Waals surface area contributed by atoms with Gasteiger partial charge in [0, 0.05) is 5.56 Å². The Balaban J connectivity index is 1.63. The summed E-state index contributed by atoms with van der Waals surface area (Å²) in [5.74, 6) is -0.603. The molecule has 1 heterocycles. The van der Waals surface area contributed by atoms with Crippen molar-refractivity contribution in [2.24, 2.45) is 0 Å². The van der Waals surface area contributed by atoms with Crippen molar-refractivity contribution in [2.45, 2.75) is 71.0 Å². The highest BCUT2D eigenvalue weighted by Gasteiger charge is 2.37. The number of hydrogen-bond donors (Lipinski definition) is 0. The Morgan fingerprint density at radius 3 is 2.00 bits per heavy atom. The predicted octanol–water partition coefficient (Wildman–Crippen LogP) is 6.82. The van der Waals surface area contributed by atoms with E-state index in [1.165, 1.54) is 40.7 Å². The minimum atomic E-state index is -0.603. The maximum atomic E-state index is 5.77. The van der Waals surface area contributed by atoms with Crippen molar-refractivity contribution in [3.05, 3.63) is 70.3 Å². The van der Waals surface area contributed by atoms with Gasteiger partial charge in [-0.3, -0.25) is 0 Å². The zero-order valence-corrected chi connectivity index (χ0v) is 18.8. The van der Waals surface area contributed by atoms with Crippen LogP contribution in [0.15, 0.2) is 42.5 Å². The topological polar surface area (TPSA) is 18.5 Å². The van der Waals surface area contributed by atoms with E-state index >= 15 is 0 Å². The first-order chi connectivity index (χ1) is 13.6. The molecule has 0 amide bonds. The molecule has 0 atom stereocenters. The van der Waals surface area contributed by atoms with Crippen molar-refractivity contribution < 1.29 is 9.47 Å². The number of allylic oxidation sites excluding steroid dienone is 1. The lowest BCUT2D eigenvalue weighted by atomic mass is 9.63. The number of fused-ring (bicyclic) bond motifs is 1. The van der Waals surface area contributed by atoms with E-state index in [4.69, 9.17) is 9.47 Å². The van der Waals surface area contributed by atoms with Crippen LogP contribution in [0.4, 0.5) is 0 Å². The number of hydrogen-bond acceptors (Lipinski definition) is 2. The van der Waals surface area contributed by atoms with Gasteiger partial charge in [-0.1, -0.05) is 76.2 Å². The van der Waals surface area contributed by atoms with Gasteiger partial charge >= 0.3 is 0 Å². The smallest absolute Gasteiger partial charge is 0.192 e. The number of benzene rings is 2. The van der Waals surface area contributed by atoms with Crippen LogP contribution < -0.4 is 0 Å². The number of rotatable bonds is 3. The van der Waals surface area contributed by atoms with E-state index in [1.807, 2.05) is 6.92 Å². The van der Waals surface area contributed by atoms with E-state index in [0.717, 1.165) is 5.56 Å². The SMILES string of the molecule is CC(=Cc1ccc(C2(C)OCCO2)cc1)c1ccc2c(c1)C(C)(C)CCC2(C)C. The molecule has 2 aromatic rings. The highest BCUT2D eigenvalue weighted by Crippen LogP contribution is 2.46. The molecule has 4 rings (SSSR count). The maximum absolute atomic E-state index is 5.77. The van der Waals surface area contributed by atoms with Crippen LogP contribution in [0.1, 0.15) is 82.2 Å². The molecule has 0 aromatic heterocycles. The molecule has 0 bridgehead atoms. The molecule has 154 valence electrons. The highest BCUT2D eigenvalue weighted by molar-refractivity contribution is 5.80. The Morgan fingerprint density at radius 2 is 1.38 bits per heavy atom. The molecule has 2 aliphatic rings. The van der Waals surface area contributed by atoms with Crippen LogP contribution in [0.5, 0.6) is 0 Å². The Morgan fingerprint density at radius 1 is 0.793 bits per heavy atom. The molecule has 1 fully saturated rings. The third-order valence-electron chi connectivity index (χ3n) is 6.96. The Hall–Kier alpha value is -1.90. The fourth-order valence-corrected chi connectivity index (χ4v) is 4.73. The highest BCUT2D eigenvalue weighted by atomic mass is 16.7. The Kier molecular flexibility index (Phi) is 4.99. The average molecular weight is 391 g/mol. The average Bonchev–Trinajstić information content (AvgIpc) is 3.13. The molecule has 29 heavy (non-hydrogen) atoms. The van der Waals surface area contributed by atoms with Crippen molar-refractivity contribution in [2.75, 3.05) is 13.2 Å². The van der Waals surface area contributed by atoms with Crippen LogP contribution in [0.2, 0.25) is 0 Å². The van der Waals surface area contributed by atoms with E-state index in [9.17, 15) is 0 Å². The molecule has 0 saturated carbocycles. The third kappa shape index (κ3) is 3.81. The molecule has 1 aliphatic carbocycles. The summed E-state index contributed by atoms with van der Waals surface area (Å²) in [6.45, 7) is 15.0. The lowest BCUT2D eigenvalue weighted by molar-refractivity contribution is -0.149. The van der Waals surface area contributed by atoms with Gasteiger partial charge in [0.25, 0.3) is 0 Å². The summed E-state index contributed by atoms with van der Waals surface area (Å²) in [7, 11) is 0. The lowest BCUT2D eigenvalue weighted by Crippen LogP contribution is -2.33. The van der Waals surface area contributed by atoms with Crippen molar-refractivity contribution in [1.82, 2.24) is 0 Å². The van der Waals surface area contributed by atoms with Crippen molar-refractivity contribution >= 4 is 11.6 Å². The second-order valence-corrected chi connectivity index (χ2v) is 10.1. The van der Waals surface area contributed by atoms with Gasteiger partial charge in [-0.25, -0.2) is 0 Å². The van der Waals surface area contributed by atoms with Gasteiger partial charge in [-0.2, -0.15) is 0 Å². The van der Waals surface area contributed by atoms with E-state index in [1.54, 1.807) is 0 Å². The fourth-order valence-electron chi connectivity index (χ4n) is 4.73. The van der Waals surface area contributed by atoms with Crippen LogP contribution in [-0.2, 0) is 26.1 Å². The van der Waals surface area contributed by atoms with Gasteiger partial charge in [0.15, 0.2) is 5.79 Å². The molecule has 0 spiro atoms. The summed E-state index contributed by atoms with van der Waals surface area (Å²) in [5.41, 5.74) is 8.40. The lowest BCUT2D eigenvalue weighted by Gasteiger charge is -2.42. The molecular weight excluding hydrogens is 356 g/mol. The monoisotopic (exact) mass is 390 g/mol. The first-order valence-electron chi connectivity index (χ1n) is 10.8.